The molecule has 11 atom stereocenters. The first-order chi connectivity index (χ1) is 13.8. The number of carbonyl (C=O) groups excluding carboxylic acids is 1. The molecule has 5 N–H and O–H groups in total. The van der Waals surface area contributed by atoms with Crippen molar-refractivity contribution in [1.82, 2.24) is 0 Å². The second-order valence-electron chi connectivity index (χ2n) is 7.38. The fraction of sp³-hybridized carbons (Fsp3) is 0.824. The van der Waals surface area contributed by atoms with Crippen LogP contribution in [0, 0.1) is 11.8 Å². The molecule has 4 aliphatic rings. The molecule has 4 rings (SSSR count). The van der Waals surface area contributed by atoms with Crippen molar-refractivity contribution in [3.05, 3.63) is 11.8 Å². The Hall–Kier alpha value is -1.35. The van der Waals surface area contributed by atoms with Crippen molar-refractivity contribution in [2.45, 2.75) is 62.1 Å². The summed E-state index contributed by atoms with van der Waals surface area (Å²) in [5.74, 6) is -1.83. The molecule has 0 aromatic rings. The summed E-state index contributed by atoms with van der Waals surface area (Å²) in [6.45, 7) is -0.616. The summed E-state index contributed by atoms with van der Waals surface area (Å²) >= 11 is 0. The molecule has 0 aromatic carbocycles. The maximum absolute atomic E-state index is 12.1. The Labute approximate surface area is 165 Å². The van der Waals surface area contributed by atoms with Crippen LogP contribution in [0.5, 0.6) is 0 Å². The first-order valence-corrected chi connectivity index (χ1v) is 9.24. The second-order valence-corrected chi connectivity index (χ2v) is 7.38. The lowest BCUT2D eigenvalue weighted by Gasteiger charge is -2.45. The monoisotopic (exact) mass is 420 g/mol. The van der Waals surface area contributed by atoms with Crippen molar-refractivity contribution >= 4 is 5.97 Å². The summed E-state index contributed by atoms with van der Waals surface area (Å²) in [5, 5.41) is 49.6. The van der Waals surface area contributed by atoms with Crippen molar-refractivity contribution in [3.8, 4) is 0 Å². The number of rotatable bonds is 4. The van der Waals surface area contributed by atoms with E-state index in [-0.39, 0.29) is 12.0 Å². The molecular formula is C17H24O12. The van der Waals surface area contributed by atoms with Gasteiger partial charge in [-0.25, -0.2) is 4.79 Å². The number of fused-ring (bicyclic) bond motifs is 4. The molecule has 0 spiro atoms. The van der Waals surface area contributed by atoms with Crippen LogP contribution in [-0.2, 0) is 33.2 Å². The molecule has 29 heavy (non-hydrogen) atoms. The molecule has 12 heteroatoms. The molecule has 0 aromatic heterocycles. The Morgan fingerprint density at radius 2 is 1.86 bits per heavy atom. The summed E-state index contributed by atoms with van der Waals surface area (Å²) in [4.78, 5) is 12.1. The topological polar surface area (TPSA) is 174 Å². The Morgan fingerprint density at radius 1 is 1.10 bits per heavy atom. The highest BCUT2D eigenvalue weighted by molar-refractivity contribution is 5.88. The molecule has 2 bridgehead atoms. The van der Waals surface area contributed by atoms with E-state index < -0.39 is 80.1 Å². The van der Waals surface area contributed by atoms with E-state index in [9.17, 15) is 30.3 Å². The van der Waals surface area contributed by atoms with Gasteiger partial charge in [-0.1, -0.05) is 0 Å². The van der Waals surface area contributed by atoms with Crippen LogP contribution in [0.3, 0.4) is 0 Å². The lowest BCUT2D eigenvalue weighted by Crippen LogP contribution is -2.61. The Balaban J connectivity index is 1.58. The number of aliphatic hydroxyl groups excluding tert-OH is 5. The lowest BCUT2D eigenvalue weighted by molar-refractivity contribution is -0.348. The average molecular weight is 420 g/mol. The van der Waals surface area contributed by atoms with E-state index in [1.54, 1.807) is 0 Å². The minimum atomic E-state index is -1.64. The molecule has 4 aliphatic heterocycles. The Kier molecular flexibility index (Phi) is 5.81. The zero-order chi connectivity index (χ0) is 20.9. The van der Waals surface area contributed by atoms with Gasteiger partial charge >= 0.3 is 5.97 Å². The summed E-state index contributed by atoms with van der Waals surface area (Å²) in [5.41, 5.74) is 0.224. The summed E-state index contributed by atoms with van der Waals surface area (Å²) in [6.07, 6.45) is -10.0. The van der Waals surface area contributed by atoms with Gasteiger partial charge in [0.2, 0.25) is 6.29 Å². The van der Waals surface area contributed by atoms with Crippen LogP contribution < -0.4 is 0 Å². The van der Waals surface area contributed by atoms with Gasteiger partial charge in [0.25, 0.3) is 0 Å². The first kappa shape index (κ1) is 20.9. The van der Waals surface area contributed by atoms with E-state index in [4.69, 9.17) is 28.4 Å². The highest BCUT2D eigenvalue weighted by atomic mass is 16.8. The average Bonchev–Trinajstić information content (AvgIpc) is 3.01. The summed E-state index contributed by atoms with van der Waals surface area (Å²) in [6, 6.07) is 0. The number of methoxy groups -OCH3 is 1. The van der Waals surface area contributed by atoms with Gasteiger partial charge in [-0.2, -0.15) is 0 Å². The van der Waals surface area contributed by atoms with Crippen LogP contribution in [0.1, 0.15) is 6.42 Å². The van der Waals surface area contributed by atoms with E-state index in [0.29, 0.717) is 0 Å². The zero-order valence-corrected chi connectivity index (χ0v) is 15.4. The number of esters is 1. The molecule has 0 radical (unpaired) electrons. The van der Waals surface area contributed by atoms with Crippen LogP contribution in [-0.4, -0.2) is 101 Å². The lowest BCUT2D eigenvalue weighted by atomic mass is 9.77. The molecular weight excluding hydrogens is 396 g/mol. The molecule has 1 unspecified atom stereocenters. The maximum atomic E-state index is 12.1. The van der Waals surface area contributed by atoms with Crippen LogP contribution in [0.2, 0.25) is 0 Å². The van der Waals surface area contributed by atoms with E-state index in [0.717, 1.165) is 0 Å². The Morgan fingerprint density at radius 3 is 2.55 bits per heavy atom. The third kappa shape index (κ3) is 3.54. The van der Waals surface area contributed by atoms with Crippen molar-refractivity contribution in [2.75, 3.05) is 13.7 Å². The van der Waals surface area contributed by atoms with Crippen LogP contribution in [0.25, 0.3) is 0 Å². The zero-order valence-electron chi connectivity index (χ0n) is 15.4. The molecule has 0 saturated carbocycles. The van der Waals surface area contributed by atoms with E-state index in [1.165, 1.54) is 13.4 Å². The van der Waals surface area contributed by atoms with Crippen molar-refractivity contribution in [3.63, 3.8) is 0 Å². The number of carbonyl (C=O) groups is 1. The van der Waals surface area contributed by atoms with Crippen molar-refractivity contribution < 1.29 is 58.7 Å². The van der Waals surface area contributed by atoms with Crippen LogP contribution >= 0.6 is 0 Å². The third-order valence-electron chi connectivity index (χ3n) is 5.75. The largest absolute Gasteiger partial charge is 0.471 e. The molecule has 4 heterocycles. The van der Waals surface area contributed by atoms with Gasteiger partial charge in [-0.15, -0.1) is 0 Å². The highest BCUT2D eigenvalue weighted by Crippen LogP contribution is 2.47. The van der Waals surface area contributed by atoms with Crippen molar-refractivity contribution in [2.24, 2.45) is 11.8 Å². The van der Waals surface area contributed by atoms with Gasteiger partial charge in [0.05, 0.1) is 31.5 Å². The minimum Gasteiger partial charge on any atom is -0.471 e. The summed E-state index contributed by atoms with van der Waals surface area (Å²) in [7, 11) is 1.23. The molecule has 0 amide bonds. The standard InChI is InChI=1S/C17H24O12/c1-24-14(22)6-4-25-16(9-5(6)2-8-27-13(9)15(23)28-8)29-17-12(21)11(20)10(19)7(3-18)26-17/h4-5,7-13,15-21,23H,2-3H2,1H3/t5-,7-,8+,9+,10-,11+,12-,13?,15-,16+,17+/m1/s1. The SMILES string of the molecule is COC(=O)C1=CO[C@@H](O[C@@H]2O[C@H](CO)[C@@H](O)[C@H](O)[C@H]2O)[C@@H]2C3O[C@H](C[C@H]12)O[C@H]3O. The predicted molar refractivity (Wildman–Crippen MR) is 87.2 cm³/mol. The fourth-order valence-electron chi connectivity index (χ4n) is 4.24. The van der Waals surface area contributed by atoms with Crippen molar-refractivity contribution in [1.29, 1.82) is 0 Å². The molecule has 3 fully saturated rings. The predicted octanol–water partition coefficient (Wildman–Crippen LogP) is -3.09. The molecule has 12 nitrogen and oxygen atoms in total. The number of ether oxygens (including phenoxy) is 6. The number of hydrogen-bond donors (Lipinski definition) is 5. The van der Waals surface area contributed by atoms with Gasteiger partial charge in [-0.3, -0.25) is 0 Å². The maximum Gasteiger partial charge on any atom is 0.337 e. The van der Waals surface area contributed by atoms with Gasteiger partial charge in [0.15, 0.2) is 18.9 Å². The normalized spacial score (nSPS) is 49.0. The van der Waals surface area contributed by atoms with Crippen LogP contribution in [0.4, 0.5) is 0 Å². The second kappa shape index (κ2) is 8.06. The van der Waals surface area contributed by atoms with Crippen LogP contribution in [0.15, 0.2) is 11.8 Å². The molecule has 3 saturated heterocycles. The first-order valence-electron chi connectivity index (χ1n) is 9.24. The quantitative estimate of drug-likeness (QED) is 0.291. The van der Waals surface area contributed by atoms with E-state index >= 15 is 0 Å². The Bertz CT molecular complexity index is 652. The third-order valence-corrected chi connectivity index (χ3v) is 5.75. The minimum absolute atomic E-state index is 0.224. The fourth-order valence-corrected chi connectivity index (χ4v) is 4.24. The van der Waals surface area contributed by atoms with Gasteiger partial charge in [-0.05, 0) is 0 Å². The number of hydrogen-bond acceptors (Lipinski definition) is 12. The number of aliphatic hydroxyl groups is 5. The smallest absolute Gasteiger partial charge is 0.337 e. The van der Waals surface area contributed by atoms with Gasteiger partial charge < -0.3 is 54.0 Å². The molecule has 164 valence electrons. The summed E-state index contributed by atoms with van der Waals surface area (Å²) < 4.78 is 32.3. The van der Waals surface area contributed by atoms with Gasteiger partial charge in [0, 0.05) is 12.3 Å². The molecule has 0 aliphatic carbocycles. The van der Waals surface area contributed by atoms with E-state index in [2.05, 4.69) is 0 Å². The van der Waals surface area contributed by atoms with E-state index in [1.807, 2.05) is 0 Å². The highest BCUT2D eigenvalue weighted by Gasteiger charge is 2.57. The van der Waals surface area contributed by atoms with Gasteiger partial charge in [0.1, 0.15) is 30.5 Å².